The molecule has 0 saturated carbocycles. The van der Waals surface area contributed by atoms with Crippen molar-refractivity contribution >= 4 is 11.9 Å². The topological polar surface area (TPSA) is 52.6 Å². The molecule has 0 heterocycles. The van der Waals surface area contributed by atoms with Gasteiger partial charge in [-0.25, -0.2) is 4.79 Å². The third-order valence-electron chi connectivity index (χ3n) is 4.27. The van der Waals surface area contributed by atoms with Crippen molar-refractivity contribution in [3.63, 3.8) is 0 Å². The lowest BCUT2D eigenvalue weighted by molar-refractivity contribution is -0.154. The van der Waals surface area contributed by atoms with Gasteiger partial charge >= 0.3 is 11.9 Å². The second kappa shape index (κ2) is 5.84. The van der Waals surface area contributed by atoms with Gasteiger partial charge in [-0.05, 0) is 42.0 Å². The summed E-state index contributed by atoms with van der Waals surface area (Å²) >= 11 is 0. The van der Waals surface area contributed by atoms with Gasteiger partial charge in [-0.15, -0.1) is 0 Å². The normalized spacial score (nSPS) is 21.4. The van der Waals surface area contributed by atoms with E-state index in [0.717, 1.165) is 16.7 Å². The van der Waals surface area contributed by atoms with Crippen molar-refractivity contribution in [3.05, 3.63) is 47.0 Å². The summed E-state index contributed by atoms with van der Waals surface area (Å²) in [6.07, 6.45) is 0.700. The van der Waals surface area contributed by atoms with Crippen LogP contribution < -0.4 is 0 Å². The lowest BCUT2D eigenvalue weighted by atomic mass is 9.85. The highest BCUT2D eigenvalue weighted by molar-refractivity contribution is 5.87. The van der Waals surface area contributed by atoms with Crippen LogP contribution >= 0.6 is 0 Å². The Morgan fingerprint density at radius 3 is 2.39 bits per heavy atom. The van der Waals surface area contributed by atoms with Crippen molar-refractivity contribution in [3.8, 4) is 0 Å². The molecule has 23 heavy (non-hydrogen) atoms. The second-order valence-corrected chi connectivity index (χ2v) is 7.12. The van der Waals surface area contributed by atoms with Crippen molar-refractivity contribution in [2.75, 3.05) is 0 Å². The zero-order chi connectivity index (χ0) is 17.4. The van der Waals surface area contributed by atoms with Crippen LogP contribution in [0, 0.1) is 0 Å². The lowest BCUT2D eigenvalue weighted by Gasteiger charge is -2.28. The predicted molar refractivity (Wildman–Crippen MR) is 87.8 cm³/mol. The minimum atomic E-state index is -0.707. The smallest absolute Gasteiger partial charge is 0.333 e. The predicted octanol–water partition coefficient (Wildman–Crippen LogP) is 3.77. The van der Waals surface area contributed by atoms with E-state index in [1.807, 2.05) is 25.1 Å². The summed E-state index contributed by atoms with van der Waals surface area (Å²) in [6.45, 7) is 13.1. The van der Waals surface area contributed by atoms with Gasteiger partial charge in [-0.2, -0.15) is 0 Å². The molecule has 124 valence electrons. The molecule has 0 aromatic heterocycles. The highest BCUT2D eigenvalue weighted by atomic mass is 16.6. The summed E-state index contributed by atoms with van der Waals surface area (Å²) in [5.74, 6) is -0.705. The highest BCUT2D eigenvalue weighted by Gasteiger charge is 2.47. The minimum absolute atomic E-state index is 0.0978. The molecule has 0 fully saturated rings. The molecule has 0 bridgehead atoms. The molecule has 0 saturated heterocycles. The summed E-state index contributed by atoms with van der Waals surface area (Å²) in [7, 11) is 0. The van der Waals surface area contributed by atoms with Gasteiger partial charge in [0.05, 0.1) is 0 Å². The van der Waals surface area contributed by atoms with Gasteiger partial charge in [-0.3, -0.25) is 4.79 Å². The van der Waals surface area contributed by atoms with Crippen LogP contribution in [0.2, 0.25) is 0 Å². The number of benzene rings is 1. The van der Waals surface area contributed by atoms with E-state index in [9.17, 15) is 9.59 Å². The summed E-state index contributed by atoms with van der Waals surface area (Å²) in [4.78, 5) is 23.0. The molecule has 1 aliphatic rings. The maximum Gasteiger partial charge on any atom is 0.333 e. The van der Waals surface area contributed by atoms with Crippen LogP contribution in [0.15, 0.2) is 30.4 Å². The zero-order valence-corrected chi connectivity index (χ0v) is 14.5. The molecule has 0 aliphatic heterocycles. The van der Waals surface area contributed by atoms with Crippen LogP contribution in [-0.4, -0.2) is 11.9 Å². The average molecular weight is 316 g/mol. The van der Waals surface area contributed by atoms with E-state index >= 15 is 0 Å². The van der Waals surface area contributed by atoms with Crippen molar-refractivity contribution < 1.29 is 19.1 Å². The van der Waals surface area contributed by atoms with E-state index < -0.39 is 5.60 Å². The SMILES string of the molecule is C=C(C)C(=O)OC1(C)CC(C)(C)c2ccc(COC(C)=O)cc21. The maximum absolute atomic E-state index is 12.0. The molecule has 0 amide bonds. The van der Waals surface area contributed by atoms with Crippen molar-refractivity contribution in [2.24, 2.45) is 0 Å². The first-order valence-electron chi connectivity index (χ1n) is 7.71. The quantitative estimate of drug-likeness (QED) is 0.627. The van der Waals surface area contributed by atoms with Crippen LogP contribution in [0.5, 0.6) is 0 Å². The average Bonchev–Trinajstić information content (AvgIpc) is 2.63. The second-order valence-electron chi connectivity index (χ2n) is 7.12. The largest absolute Gasteiger partial charge is 0.461 e. The number of carbonyl (C=O) groups excluding carboxylic acids is 2. The van der Waals surface area contributed by atoms with E-state index in [0.29, 0.717) is 12.0 Å². The van der Waals surface area contributed by atoms with Gasteiger partial charge in [0.2, 0.25) is 0 Å². The van der Waals surface area contributed by atoms with Gasteiger partial charge < -0.3 is 9.47 Å². The molecule has 0 radical (unpaired) electrons. The summed E-state index contributed by atoms with van der Waals surface area (Å²) in [5.41, 5.74) is 2.59. The van der Waals surface area contributed by atoms with Crippen LogP contribution in [-0.2, 0) is 36.7 Å². The van der Waals surface area contributed by atoms with E-state index in [1.165, 1.54) is 6.92 Å². The Hall–Kier alpha value is -2.10. The fraction of sp³-hybridized carbons (Fsp3) is 0.474. The van der Waals surface area contributed by atoms with Crippen molar-refractivity contribution in [2.45, 2.75) is 58.7 Å². The monoisotopic (exact) mass is 316 g/mol. The molecule has 0 N–H and O–H groups in total. The van der Waals surface area contributed by atoms with E-state index in [-0.39, 0.29) is 24.0 Å². The molecule has 1 atom stereocenters. The van der Waals surface area contributed by atoms with Gasteiger partial charge in [0, 0.05) is 18.9 Å². The summed E-state index contributed by atoms with van der Waals surface area (Å²) in [6, 6.07) is 5.96. The number of esters is 2. The Labute approximate surface area is 137 Å². The fourth-order valence-electron chi connectivity index (χ4n) is 3.31. The molecular formula is C19H24O4. The third kappa shape index (κ3) is 3.46. The van der Waals surface area contributed by atoms with E-state index in [4.69, 9.17) is 9.47 Å². The van der Waals surface area contributed by atoms with E-state index in [1.54, 1.807) is 6.92 Å². The minimum Gasteiger partial charge on any atom is -0.461 e. The molecule has 1 unspecified atom stereocenters. The van der Waals surface area contributed by atoms with Crippen LogP contribution in [0.4, 0.5) is 0 Å². The van der Waals surface area contributed by atoms with E-state index in [2.05, 4.69) is 20.4 Å². The molecule has 1 aromatic carbocycles. The summed E-state index contributed by atoms with van der Waals surface area (Å²) in [5, 5.41) is 0. The number of carbonyl (C=O) groups is 2. The molecule has 4 nitrogen and oxygen atoms in total. The molecule has 0 spiro atoms. The Morgan fingerprint density at radius 2 is 1.83 bits per heavy atom. The Balaban J connectivity index is 2.40. The first-order chi connectivity index (χ1) is 10.5. The van der Waals surface area contributed by atoms with Crippen molar-refractivity contribution in [1.82, 2.24) is 0 Å². The Morgan fingerprint density at radius 1 is 1.17 bits per heavy atom. The number of rotatable bonds is 4. The van der Waals surface area contributed by atoms with Gasteiger partial charge in [0.25, 0.3) is 0 Å². The molecule has 1 aromatic rings. The van der Waals surface area contributed by atoms with Crippen molar-refractivity contribution in [1.29, 1.82) is 0 Å². The standard InChI is InChI=1S/C19H24O4/c1-12(2)17(21)23-19(6)11-18(4,5)15-8-7-14(9-16(15)19)10-22-13(3)20/h7-9H,1,10-11H2,2-6H3. The Kier molecular flexibility index (Phi) is 4.38. The fourth-order valence-corrected chi connectivity index (χ4v) is 3.31. The molecular weight excluding hydrogens is 292 g/mol. The lowest BCUT2D eigenvalue weighted by Crippen LogP contribution is -2.29. The van der Waals surface area contributed by atoms with Gasteiger partial charge in [0.15, 0.2) is 0 Å². The number of fused-ring (bicyclic) bond motifs is 1. The van der Waals surface area contributed by atoms with Crippen LogP contribution in [0.3, 0.4) is 0 Å². The molecule has 4 heteroatoms. The number of ether oxygens (including phenoxy) is 2. The number of hydrogen-bond acceptors (Lipinski definition) is 4. The zero-order valence-electron chi connectivity index (χ0n) is 14.5. The third-order valence-corrected chi connectivity index (χ3v) is 4.27. The first kappa shape index (κ1) is 17.3. The van der Waals surface area contributed by atoms with Crippen LogP contribution in [0.25, 0.3) is 0 Å². The highest BCUT2D eigenvalue weighted by Crippen LogP contribution is 2.50. The molecule has 1 aliphatic carbocycles. The Bertz CT molecular complexity index is 672. The summed E-state index contributed by atoms with van der Waals surface area (Å²) < 4.78 is 10.8. The van der Waals surface area contributed by atoms with Gasteiger partial charge in [0.1, 0.15) is 12.2 Å². The first-order valence-corrected chi connectivity index (χ1v) is 7.71. The van der Waals surface area contributed by atoms with Gasteiger partial charge in [-0.1, -0.05) is 32.6 Å². The van der Waals surface area contributed by atoms with Crippen LogP contribution in [0.1, 0.15) is 57.7 Å². The molecule has 2 rings (SSSR count). The number of hydrogen-bond donors (Lipinski definition) is 0. The maximum atomic E-state index is 12.0.